The van der Waals surface area contributed by atoms with Crippen molar-refractivity contribution in [1.82, 2.24) is 0 Å². The average Bonchev–Trinajstić information content (AvgIpc) is 2.30. The minimum absolute atomic E-state index is 0.249. The molecule has 1 fully saturated rings. The van der Waals surface area contributed by atoms with E-state index in [2.05, 4.69) is 22.5 Å². The standard InChI is InChI=1S/C9H9BrO2/c1-2-6-3-4-9(6)5-7(10)8(11)12-9/h2,5-6H,1,3-4H2/t6-,9+/m0/s1. The molecule has 1 heterocycles. The van der Waals surface area contributed by atoms with E-state index >= 15 is 0 Å². The van der Waals surface area contributed by atoms with Crippen LogP contribution in [-0.4, -0.2) is 11.6 Å². The molecular weight excluding hydrogens is 220 g/mol. The van der Waals surface area contributed by atoms with Gasteiger partial charge in [-0.2, -0.15) is 0 Å². The Bertz CT molecular complexity index is 282. The molecule has 64 valence electrons. The molecule has 0 amide bonds. The van der Waals surface area contributed by atoms with E-state index in [0.29, 0.717) is 10.4 Å². The lowest BCUT2D eigenvalue weighted by molar-refractivity contribution is -0.156. The minimum atomic E-state index is -0.350. The zero-order valence-electron chi connectivity index (χ0n) is 6.55. The van der Waals surface area contributed by atoms with Crippen molar-refractivity contribution >= 4 is 21.9 Å². The molecule has 1 aliphatic heterocycles. The molecule has 12 heavy (non-hydrogen) atoms. The van der Waals surface area contributed by atoms with E-state index in [4.69, 9.17) is 4.74 Å². The van der Waals surface area contributed by atoms with Crippen molar-refractivity contribution in [2.45, 2.75) is 18.4 Å². The van der Waals surface area contributed by atoms with Crippen molar-refractivity contribution in [1.29, 1.82) is 0 Å². The highest BCUT2D eigenvalue weighted by Gasteiger charge is 2.51. The fourth-order valence-electron chi connectivity index (χ4n) is 1.74. The summed E-state index contributed by atoms with van der Waals surface area (Å²) in [5.41, 5.74) is -0.350. The van der Waals surface area contributed by atoms with Crippen molar-refractivity contribution in [2.75, 3.05) is 0 Å². The molecule has 2 nitrogen and oxygen atoms in total. The Morgan fingerprint density at radius 3 is 2.92 bits per heavy atom. The topological polar surface area (TPSA) is 26.3 Å². The number of hydrogen-bond acceptors (Lipinski definition) is 2. The second kappa shape index (κ2) is 2.46. The van der Waals surface area contributed by atoms with Crippen LogP contribution in [0.15, 0.2) is 23.2 Å². The Balaban J connectivity index is 2.26. The van der Waals surface area contributed by atoms with Crippen LogP contribution < -0.4 is 0 Å². The number of halogens is 1. The lowest BCUT2D eigenvalue weighted by Gasteiger charge is -2.42. The lowest BCUT2D eigenvalue weighted by Crippen LogP contribution is -2.45. The predicted octanol–water partition coefficient (Wildman–Crippen LogP) is 2.16. The molecule has 0 radical (unpaired) electrons. The van der Waals surface area contributed by atoms with Gasteiger partial charge in [0.2, 0.25) is 0 Å². The van der Waals surface area contributed by atoms with Crippen molar-refractivity contribution in [2.24, 2.45) is 5.92 Å². The summed E-state index contributed by atoms with van der Waals surface area (Å²) in [7, 11) is 0. The van der Waals surface area contributed by atoms with Crippen LogP contribution in [0.2, 0.25) is 0 Å². The van der Waals surface area contributed by atoms with Gasteiger partial charge in [0.05, 0.1) is 0 Å². The van der Waals surface area contributed by atoms with Gasteiger partial charge in [-0.25, -0.2) is 4.79 Å². The third-order valence-corrected chi connectivity index (χ3v) is 3.16. The van der Waals surface area contributed by atoms with Gasteiger partial charge in [-0.1, -0.05) is 6.08 Å². The maximum atomic E-state index is 11.1. The van der Waals surface area contributed by atoms with E-state index in [1.807, 2.05) is 12.2 Å². The molecular formula is C9H9BrO2. The summed E-state index contributed by atoms with van der Waals surface area (Å²) in [5, 5.41) is 0. The molecule has 0 aromatic heterocycles. The van der Waals surface area contributed by atoms with Crippen molar-refractivity contribution in [3.05, 3.63) is 23.2 Å². The van der Waals surface area contributed by atoms with E-state index in [1.165, 1.54) is 0 Å². The van der Waals surface area contributed by atoms with Gasteiger partial charge in [-0.15, -0.1) is 6.58 Å². The maximum absolute atomic E-state index is 11.1. The molecule has 3 heteroatoms. The van der Waals surface area contributed by atoms with Gasteiger partial charge in [0, 0.05) is 5.92 Å². The average molecular weight is 229 g/mol. The first-order chi connectivity index (χ1) is 5.68. The van der Waals surface area contributed by atoms with Gasteiger partial charge in [0.1, 0.15) is 10.1 Å². The fourth-order valence-corrected chi connectivity index (χ4v) is 2.21. The van der Waals surface area contributed by atoms with Gasteiger partial charge in [-0.05, 0) is 34.8 Å². The number of esters is 1. The molecule has 1 aliphatic carbocycles. The number of hydrogen-bond donors (Lipinski definition) is 0. The Morgan fingerprint density at radius 1 is 1.83 bits per heavy atom. The molecule has 2 aliphatic rings. The van der Waals surface area contributed by atoms with E-state index in [1.54, 1.807) is 0 Å². The second-order valence-electron chi connectivity index (χ2n) is 3.22. The molecule has 1 spiro atoms. The largest absolute Gasteiger partial charge is 0.450 e. The van der Waals surface area contributed by atoms with Gasteiger partial charge in [-0.3, -0.25) is 0 Å². The Hall–Kier alpha value is -0.570. The van der Waals surface area contributed by atoms with Crippen LogP contribution in [-0.2, 0) is 9.53 Å². The molecule has 2 rings (SSSR count). The summed E-state index contributed by atoms with van der Waals surface area (Å²) in [4.78, 5) is 11.1. The molecule has 0 aromatic carbocycles. The number of rotatable bonds is 1. The first-order valence-corrected chi connectivity index (χ1v) is 4.71. The summed E-state index contributed by atoms with van der Waals surface area (Å²) in [6, 6.07) is 0. The molecule has 0 aromatic rings. The van der Waals surface area contributed by atoms with Crippen LogP contribution in [0.5, 0.6) is 0 Å². The summed E-state index contributed by atoms with van der Waals surface area (Å²) in [5.74, 6) is 0.0538. The van der Waals surface area contributed by atoms with Crippen LogP contribution in [0.25, 0.3) is 0 Å². The van der Waals surface area contributed by atoms with Crippen molar-refractivity contribution in [3.8, 4) is 0 Å². The maximum Gasteiger partial charge on any atom is 0.345 e. The highest BCUT2D eigenvalue weighted by Crippen LogP contribution is 2.48. The van der Waals surface area contributed by atoms with Crippen LogP contribution in [0.3, 0.4) is 0 Å². The van der Waals surface area contributed by atoms with Gasteiger partial charge in [0.15, 0.2) is 0 Å². The minimum Gasteiger partial charge on any atom is -0.450 e. The van der Waals surface area contributed by atoms with Gasteiger partial charge in [0.25, 0.3) is 0 Å². The molecule has 2 atom stereocenters. The molecule has 0 N–H and O–H groups in total. The Kier molecular flexibility index (Phi) is 1.65. The predicted molar refractivity (Wildman–Crippen MR) is 48.8 cm³/mol. The van der Waals surface area contributed by atoms with Crippen LogP contribution >= 0.6 is 15.9 Å². The highest BCUT2D eigenvalue weighted by molar-refractivity contribution is 9.12. The van der Waals surface area contributed by atoms with Crippen LogP contribution in [0, 0.1) is 5.92 Å². The third kappa shape index (κ3) is 0.891. The molecule has 0 unspecified atom stereocenters. The molecule has 0 bridgehead atoms. The highest BCUT2D eigenvalue weighted by atomic mass is 79.9. The normalized spacial score (nSPS) is 38.9. The number of carbonyl (C=O) groups excluding carboxylic acids is 1. The lowest BCUT2D eigenvalue weighted by atomic mass is 9.70. The molecule has 0 saturated heterocycles. The SMILES string of the molecule is C=C[C@H]1CC[C@@]12C=C(Br)C(=O)O2. The monoisotopic (exact) mass is 228 g/mol. The van der Waals surface area contributed by atoms with E-state index in [0.717, 1.165) is 12.8 Å². The van der Waals surface area contributed by atoms with E-state index in [-0.39, 0.29) is 11.6 Å². The fraction of sp³-hybridized carbons (Fsp3) is 0.444. The first kappa shape index (κ1) is 8.05. The van der Waals surface area contributed by atoms with Crippen LogP contribution in [0.4, 0.5) is 0 Å². The third-order valence-electron chi connectivity index (χ3n) is 2.61. The van der Waals surface area contributed by atoms with Crippen molar-refractivity contribution in [3.63, 3.8) is 0 Å². The Morgan fingerprint density at radius 2 is 2.58 bits per heavy atom. The summed E-state index contributed by atoms with van der Waals surface area (Å²) in [6.45, 7) is 3.72. The molecule has 1 saturated carbocycles. The Labute approximate surface area is 79.4 Å². The van der Waals surface area contributed by atoms with Gasteiger partial charge < -0.3 is 4.74 Å². The number of carbonyl (C=O) groups is 1. The van der Waals surface area contributed by atoms with E-state index in [9.17, 15) is 4.79 Å². The zero-order valence-corrected chi connectivity index (χ0v) is 8.13. The summed E-state index contributed by atoms with van der Waals surface area (Å²) < 4.78 is 5.80. The van der Waals surface area contributed by atoms with E-state index < -0.39 is 0 Å². The second-order valence-corrected chi connectivity index (χ2v) is 4.07. The zero-order chi connectivity index (χ0) is 8.77. The summed E-state index contributed by atoms with van der Waals surface area (Å²) in [6.07, 6.45) is 5.71. The summed E-state index contributed by atoms with van der Waals surface area (Å²) >= 11 is 3.16. The first-order valence-electron chi connectivity index (χ1n) is 3.92. The quantitative estimate of drug-likeness (QED) is 0.508. The smallest absolute Gasteiger partial charge is 0.345 e. The van der Waals surface area contributed by atoms with Crippen LogP contribution in [0.1, 0.15) is 12.8 Å². The van der Waals surface area contributed by atoms with Crippen molar-refractivity contribution < 1.29 is 9.53 Å². The van der Waals surface area contributed by atoms with Gasteiger partial charge >= 0.3 is 5.97 Å². The number of ether oxygens (including phenoxy) is 1.